The lowest BCUT2D eigenvalue weighted by molar-refractivity contribution is -0.00613. The molecule has 2 atom stereocenters. The number of halogens is 1. The molecule has 0 aromatic heterocycles. The summed E-state index contributed by atoms with van der Waals surface area (Å²) in [6.45, 7) is 2.75. The van der Waals surface area contributed by atoms with Crippen LogP contribution >= 0.6 is 11.6 Å². The number of nitrogens with one attached hydrogen (secondary N) is 1. The molecule has 0 saturated carbocycles. The van der Waals surface area contributed by atoms with Crippen molar-refractivity contribution in [3.05, 3.63) is 29.3 Å². The molecule has 4 heteroatoms. The van der Waals surface area contributed by atoms with Crippen LogP contribution in [0, 0.1) is 11.3 Å². The second kappa shape index (κ2) is 6.27. The standard InChI is InChI=1S/C15H19ClN2O/c1-2-5-12-10-15(11-17,8-9-19-12)18-14-7-4-3-6-13(14)16/h3-4,6-7,12,18H,2,5,8-10H2,1H3. The molecule has 1 fully saturated rings. The summed E-state index contributed by atoms with van der Waals surface area (Å²) < 4.78 is 5.72. The summed E-state index contributed by atoms with van der Waals surface area (Å²) in [5, 5.41) is 13.5. The van der Waals surface area contributed by atoms with E-state index in [0.29, 0.717) is 24.5 Å². The van der Waals surface area contributed by atoms with Crippen LogP contribution in [0.3, 0.4) is 0 Å². The number of nitriles is 1. The topological polar surface area (TPSA) is 45.0 Å². The minimum absolute atomic E-state index is 0.161. The van der Waals surface area contributed by atoms with Crippen molar-refractivity contribution in [2.75, 3.05) is 11.9 Å². The first-order valence-electron chi connectivity index (χ1n) is 6.75. The monoisotopic (exact) mass is 278 g/mol. The van der Waals surface area contributed by atoms with Crippen molar-refractivity contribution >= 4 is 17.3 Å². The Kier molecular flexibility index (Phi) is 4.68. The van der Waals surface area contributed by atoms with Gasteiger partial charge in [-0.05, 0) is 18.6 Å². The summed E-state index contributed by atoms with van der Waals surface area (Å²) >= 11 is 6.16. The third-order valence-corrected chi connectivity index (χ3v) is 3.86. The van der Waals surface area contributed by atoms with Crippen molar-refractivity contribution in [2.24, 2.45) is 0 Å². The van der Waals surface area contributed by atoms with E-state index in [9.17, 15) is 5.26 Å². The van der Waals surface area contributed by atoms with Crippen LogP contribution < -0.4 is 5.32 Å². The maximum atomic E-state index is 9.57. The normalized spacial score (nSPS) is 26.7. The molecular weight excluding hydrogens is 260 g/mol. The zero-order valence-electron chi connectivity index (χ0n) is 11.2. The second-order valence-electron chi connectivity index (χ2n) is 5.03. The molecule has 2 rings (SSSR count). The Bertz CT molecular complexity index is 469. The van der Waals surface area contributed by atoms with E-state index in [0.717, 1.165) is 18.5 Å². The number of benzene rings is 1. The number of hydrogen-bond acceptors (Lipinski definition) is 3. The summed E-state index contributed by atoms with van der Waals surface area (Å²) in [7, 11) is 0. The maximum absolute atomic E-state index is 9.57. The molecule has 3 nitrogen and oxygen atoms in total. The van der Waals surface area contributed by atoms with Crippen molar-refractivity contribution in [1.82, 2.24) is 0 Å². The second-order valence-corrected chi connectivity index (χ2v) is 5.44. The van der Waals surface area contributed by atoms with E-state index < -0.39 is 5.54 Å². The van der Waals surface area contributed by atoms with E-state index in [1.165, 1.54) is 0 Å². The van der Waals surface area contributed by atoms with Gasteiger partial charge in [0.25, 0.3) is 0 Å². The highest BCUT2D eigenvalue weighted by molar-refractivity contribution is 6.33. The molecule has 1 saturated heterocycles. The van der Waals surface area contributed by atoms with E-state index in [4.69, 9.17) is 16.3 Å². The lowest BCUT2D eigenvalue weighted by Gasteiger charge is -2.37. The van der Waals surface area contributed by atoms with Gasteiger partial charge in [0.2, 0.25) is 0 Å². The lowest BCUT2D eigenvalue weighted by Crippen LogP contribution is -2.46. The Hall–Kier alpha value is -1.24. The lowest BCUT2D eigenvalue weighted by atomic mass is 9.86. The number of para-hydroxylation sites is 1. The summed E-state index contributed by atoms with van der Waals surface area (Å²) in [5.74, 6) is 0. The summed E-state index contributed by atoms with van der Waals surface area (Å²) in [6, 6.07) is 9.98. The quantitative estimate of drug-likeness (QED) is 0.906. The average molecular weight is 279 g/mol. The fraction of sp³-hybridized carbons (Fsp3) is 0.533. The first-order valence-corrected chi connectivity index (χ1v) is 7.12. The van der Waals surface area contributed by atoms with Gasteiger partial charge in [0.05, 0.1) is 29.5 Å². The molecule has 1 heterocycles. The molecule has 0 amide bonds. The van der Waals surface area contributed by atoms with Crippen LogP contribution in [0.15, 0.2) is 24.3 Å². The van der Waals surface area contributed by atoms with Crippen LogP contribution in [-0.4, -0.2) is 18.2 Å². The molecule has 1 aliphatic heterocycles. The number of anilines is 1. The largest absolute Gasteiger partial charge is 0.378 e. The van der Waals surface area contributed by atoms with Gasteiger partial charge in [0, 0.05) is 12.8 Å². The molecule has 1 aromatic carbocycles. The van der Waals surface area contributed by atoms with Gasteiger partial charge in [-0.1, -0.05) is 37.1 Å². The smallest absolute Gasteiger partial charge is 0.130 e. The summed E-state index contributed by atoms with van der Waals surface area (Å²) in [6.07, 6.45) is 3.62. The van der Waals surface area contributed by atoms with Gasteiger partial charge in [-0.15, -0.1) is 0 Å². The Morgan fingerprint density at radius 2 is 2.32 bits per heavy atom. The molecule has 1 N–H and O–H groups in total. The first kappa shape index (κ1) is 14.2. The van der Waals surface area contributed by atoms with Gasteiger partial charge in [-0.25, -0.2) is 0 Å². The van der Waals surface area contributed by atoms with Crippen molar-refractivity contribution in [1.29, 1.82) is 5.26 Å². The van der Waals surface area contributed by atoms with Crippen molar-refractivity contribution in [3.8, 4) is 6.07 Å². The molecule has 1 aromatic rings. The molecular formula is C15H19ClN2O. The average Bonchev–Trinajstić information content (AvgIpc) is 2.42. The van der Waals surface area contributed by atoms with Gasteiger partial charge in [-0.3, -0.25) is 0 Å². The molecule has 0 aliphatic carbocycles. The molecule has 1 aliphatic rings. The molecule has 0 spiro atoms. The predicted molar refractivity (Wildman–Crippen MR) is 77.3 cm³/mol. The number of hydrogen-bond donors (Lipinski definition) is 1. The third-order valence-electron chi connectivity index (χ3n) is 3.53. The first-order chi connectivity index (χ1) is 9.19. The highest BCUT2D eigenvalue weighted by Crippen LogP contribution is 2.32. The molecule has 19 heavy (non-hydrogen) atoms. The zero-order chi connectivity index (χ0) is 13.7. The number of rotatable bonds is 4. The van der Waals surface area contributed by atoms with Gasteiger partial charge in [0.15, 0.2) is 0 Å². The van der Waals surface area contributed by atoms with E-state index in [1.54, 1.807) is 0 Å². The highest BCUT2D eigenvalue weighted by Gasteiger charge is 2.37. The van der Waals surface area contributed by atoms with Crippen LogP contribution in [0.25, 0.3) is 0 Å². The van der Waals surface area contributed by atoms with Gasteiger partial charge >= 0.3 is 0 Å². The Labute approximate surface area is 119 Å². The van der Waals surface area contributed by atoms with Crippen molar-refractivity contribution < 1.29 is 4.74 Å². The third kappa shape index (κ3) is 3.40. The fourth-order valence-corrected chi connectivity index (χ4v) is 2.70. The van der Waals surface area contributed by atoms with E-state index >= 15 is 0 Å². The minimum Gasteiger partial charge on any atom is -0.378 e. The predicted octanol–water partition coefficient (Wildman–Crippen LogP) is 3.99. The van der Waals surface area contributed by atoms with Crippen LogP contribution in [-0.2, 0) is 4.74 Å². The van der Waals surface area contributed by atoms with E-state index in [2.05, 4.69) is 18.3 Å². The maximum Gasteiger partial charge on any atom is 0.130 e. The van der Waals surface area contributed by atoms with E-state index in [1.807, 2.05) is 24.3 Å². The molecule has 102 valence electrons. The number of ether oxygens (including phenoxy) is 1. The Morgan fingerprint density at radius 3 is 3.00 bits per heavy atom. The van der Waals surface area contributed by atoms with Gasteiger partial charge in [-0.2, -0.15) is 5.26 Å². The summed E-state index contributed by atoms with van der Waals surface area (Å²) in [4.78, 5) is 0. The van der Waals surface area contributed by atoms with Crippen molar-refractivity contribution in [3.63, 3.8) is 0 Å². The minimum atomic E-state index is -0.566. The van der Waals surface area contributed by atoms with Crippen LogP contribution in [0.2, 0.25) is 5.02 Å². The fourth-order valence-electron chi connectivity index (χ4n) is 2.52. The Balaban J connectivity index is 2.15. The Morgan fingerprint density at radius 1 is 1.53 bits per heavy atom. The molecule has 0 bridgehead atoms. The number of nitrogens with zero attached hydrogens (tertiary/aromatic N) is 1. The van der Waals surface area contributed by atoms with Crippen LogP contribution in [0.5, 0.6) is 0 Å². The van der Waals surface area contributed by atoms with Crippen LogP contribution in [0.4, 0.5) is 5.69 Å². The highest BCUT2D eigenvalue weighted by atomic mass is 35.5. The van der Waals surface area contributed by atoms with Gasteiger partial charge < -0.3 is 10.1 Å². The molecule has 2 unspecified atom stereocenters. The van der Waals surface area contributed by atoms with Gasteiger partial charge in [0.1, 0.15) is 5.54 Å². The zero-order valence-corrected chi connectivity index (χ0v) is 11.9. The van der Waals surface area contributed by atoms with Crippen LogP contribution in [0.1, 0.15) is 32.6 Å². The van der Waals surface area contributed by atoms with Crippen molar-refractivity contribution in [2.45, 2.75) is 44.2 Å². The SMILES string of the molecule is CCCC1CC(C#N)(Nc2ccccc2Cl)CCO1. The van der Waals surface area contributed by atoms with E-state index in [-0.39, 0.29) is 6.10 Å². The summed E-state index contributed by atoms with van der Waals surface area (Å²) in [5.41, 5.74) is 0.256. The molecule has 0 radical (unpaired) electrons.